The van der Waals surface area contributed by atoms with Gasteiger partial charge < -0.3 is 35.6 Å². The van der Waals surface area contributed by atoms with Crippen molar-refractivity contribution in [1.82, 2.24) is 0 Å². The van der Waals surface area contributed by atoms with Crippen molar-refractivity contribution < 1.29 is 34.7 Å². The molecule has 116 valence electrons. The molecule has 0 bridgehead atoms. The van der Waals surface area contributed by atoms with Gasteiger partial charge in [-0.25, -0.2) is 4.79 Å². The van der Waals surface area contributed by atoms with E-state index in [0.29, 0.717) is 0 Å². The molecule has 5 atom stereocenters. The lowest BCUT2D eigenvalue weighted by molar-refractivity contribution is -0.285. The van der Waals surface area contributed by atoms with Crippen LogP contribution in [0.5, 0.6) is 0 Å². The molecule has 1 saturated heterocycles. The lowest BCUT2D eigenvalue weighted by Crippen LogP contribution is -2.59. The first-order valence-electron chi connectivity index (χ1n) is 6.31. The summed E-state index contributed by atoms with van der Waals surface area (Å²) in [6.45, 7) is -0.605. The minimum Gasteiger partial charge on any atom is -0.429 e. The molecule has 8 heteroatoms. The maximum atomic E-state index is 12.0. The van der Waals surface area contributed by atoms with E-state index >= 15 is 0 Å². The minimum absolute atomic E-state index is 0.0782. The van der Waals surface area contributed by atoms with Gasteiger partial charge in [0.1, 0.15) is 24.4 Å². The molecule has 5 unspecified atom stereocenters. The third kappa shape index (κ3) is 3.14. The number of hydrogen-bond acceptors (Lipinski definition) is 8. The van der Waals surface area contributed by atoms with Gasteiger partial charge in [-0.15, -0.1) is 0 Å². The van der Waals surface area contributed by atoms with Gasteiger partial charge in [0.2, 0.25) is 6.29 Å². The average Bonchev–Trinajstić information content (AvgIpc) is 2.48. The number of esters is 1. The molecule has 0 radical (unpaired) electrons. The summed E-state index contributed by atoms with van der Waals surface area (Å²) in [4.78, 5) is 12.0. The largest absolute Gasteiger partial charge is 0.429 e. The Morgan fingerprint density at radius 2 is 1.86 bits per heavy atom. The molecule has 0 aliphatic carbocycles. The van der Waals surface area contributed by atoms with Gasteiger partial charge in [0, 0.05) is 5.69 Å². The number of carbonyl (C=O) groups is 1. The van der Waals surface area contributed by atoms with Crippen LogP contribution in [-0.4, -0.2) is 63.7 Å². The molecule has 6 N–H and O–H groups in total. The van der Waals surface area contributed by atoms with E-state index in [1.165, 1.54) is 12.1 Å². The first-order valence-corrected chi connectivity index (χ1v) is 6.31. The molecule has 2 rings (SSSR count). The summed E-state index contributed by atoms with van der Waals surface area (Å²) in [5.74, 6) is -0.850. The summed E-state index contributed by atoms with van der Waals surface area (Å²) in [5, 5.41) is 38.0. The lowest BCUT2D eigenvalue weighted by Gasteiger charge is -2.39. The molecule has 0 spiro atoms. The molecule has 1 aromatic rings. The Kier molecular flexibility index (Phi) is 4.76. The third-order valence-corrected chi connectivity index (χ3v) is 3.25. The number of aliphatic hydroxyl groups excluding tert-OH is 4. The molecule has 1 heterocycles. The van der Waals surface area contributed by atoms with Gasteiger partial charge in [-0.2, -0.15) is 0 Å². The molecule has 1 aromatic carbocycles. The third-order valence-electron chi connectivity index (χ3n) is 3.25. The standard InChI is InChI=1S/C13H17NO7/c14-7-4-2-1-3-6(7)12(19)21-13-11(18)10(17)9(16)8(5-15)20-13/h1-4,8-11,13,15-18H,5,14H2. The van der Waals surface area contributed by atoms with Crippen molar-refractivity contribution in [3.05, 3.63) is 29.8 Å². The van der Waals surface area contributed by atoms with E-state index in [-0.39, 0.29) is 11.3 Å². The quantitative estimate of drug-likeness (QED) is 0.326. The van der Waals surface area contributed by atoms with E-state index in [0.717, 1.165) is 0 Å². The number of carbonyl (C=O) groups excluding carboxylic acids is 1. The second kappa shape index (κ2) is 6.37. The van der Waals surface area contributed by atoms with E-state index in [4.69, 9.17) is 20.3 Å². The zero-order valence-corrected chi connectivity index (χ0v) is 11.0. The van der Waals surface area contributed by atoms with Crippen molar-refractivity contribution in [3.63, 3.8) is 0 Å². The number of nitrogen functional groups attached to an aromatic ring is 1. The van der Waals surface area contributed by atoms with Gasteiger partial charge in [0.25, 0.3) is 0 Å². The van der Waals surface area contributed by atoms with E-state index in [1.54, 1.807) is 12.1 Å². The number of rotatable bonds is 3. The first-order chi connectivity index (χ1) is 9.95. The number of hydrogen-bond donors (Lipinski definition) is 5. The fraction of sp³-hybridized carbons (Fsp3) is 0.462. The molecule has 21 heavy (non-hydrogen) atoms. The van der Waals surface area contributed by atoms with E-state index in [2.05, 4.69) is 0 Å². The zero-order chi connectivity index (χ0) is 15.6. The highest BCUT2D eigenvalue weighted by Crippen LogP contribution is 2.23. The van der Waals surface area contributed by atoms with Crippen molar-refractivity contribution in [2.45, 2.75) is 30.7 Å². The van der Waals surface area contributed by atoms with Gasteiger partial charge in [0.05, 0.1) is 12.2 Å². The van der Waals surface area contributed by atoms with Gasteiger partial charge in [0.15, 0.2) is 0 Å². The average molecular weight is 299 g/mol. The van der Waals surface area contributed by atoms with Crippen LogP contribution in [-0.2, 0) is 9.47 Å². The Morgan fingerprint density at radius 3 is 2.48 bits per heavy atom. The molecule has 1 fully saturated rings. The molecule has 8 nitrogen and oxygen atoms in total. The topological polar surface area (TPSA) is 142 Å². The molecule has 0 amide bonds. The Morgan fingerprint density at radius 1 is 1.19 bits per heavy atom. The molecular weight excluding hydrogens is 282 g/mol. The van der Waals surface area contributed by atoms with Crippen molar-refractivity contribution in [2.24, 2.45) is 0 Å². The number of benzene rings is 1. The normalized spacial score (nSPS) is 32.7. The Bertz CT molecular complexity index is 507. The van der Waals surface area contributed by atoms with Crippen LogP contribution in [0.2, 0.25) is 0 Å². The summed E-state index contributed by atoms with van der Waals surface area (Å²) in [6.07, 6.45) is -7.43. The summed E-state index contributed by atoms with van der Waals surface area (Å²) >= 11 is 0. The number of anilines is 1. The van der Waals surface area contributed by atoms with Gasteiger partial charge in [-0.05, 0) is 12.1 Å². The number of para-hydroxylation sites is 1. The predicted molar refractivity (Wildman–Crippen MR) is 70.0 cm³/mol. The highest BCUT2D eigenvalue weighted by Gasteiger charge is 2.45. The van der Waals surface area contributed by atoms with Gasteiger partial charge >= 0.3 is 5.97 Å². The number of ether oxygens (including phenoxy) is 2. The van der Waals surface area contributed by atoms with E-state index in [9.17, 15) is 20.1 Å². The minimum atomic E-state index is -1.64. The van der Waals surface area contributed by atoms with Crippen LogP contribution >= 0.6 is 0 Å². The van der Waals surface area contributed by atoms with Gasteiger partial charge in [-0.1, -0.05) is 12.1 Å². The van der Waals surface area contributed by atoms with Crippen molar-refractivity contribution >= 4 is 11.7 Å². The second-order valence-electron chi connectivity index (χ2n) is 4.69. The molecule has 1 aliphatic heterocycles. The smallest absolute Gasteiger partial charge is 0.342 e. The first kappa shape index (κ1) is 15.7. The van der Waals surface area contributed by atoms with Gasteiger partial charge in [-0.3, -0.25) is 0 Å². The molecule has 0 aromatic heterocycles. The summed E-state index contributed by atoms with van der Waals surface area (Å²) < 4.78 is 10.0. The Labute approximate surface area is 120 Å². The zero-order valence-electron chi connectivity index (χ0n) is 11.0. The van der Waals surface area contributed by atoms with Crippen LogP contribution in [0.3, 0.4) is 0 Å². The lowest BCUT2D eigenvalue weighted by atomic mass is 9.99. The summed E-state index contributed by atoms with van der Waals surface area (Å²) in [6, 6.07) is 6.16. The van der Waals surface area contributed by atoms with Crippen molar-refractivity contribution in [1.29, 1.82) is 0 Å². The van der Waals surface area contributed by atoms with Crippen LogP contribution < -0.4 is 5.73 Å². The van der Waals surface area contributed by atoms with Crippen LogP contribution in [0.4, 0.5) is 5.69 Å². The van der Waals surface area contributed by atoms with Crippen molar-refractivity contribution in [3.8, 4) is 0 Å². The van der Waals surface area contributed by atoms with Crippen LogP contribution in [0, 0.1) is 0 Å². The fourth-order valence-corrected chi connectivity index (χ4v) is 2.02. The van der Waals surface area contributed by atoms with Crippen LogP contribution in [0.1, 0.15) is 10.4 Å². The summed E-state index contributed by atoms with van der Waals surface area (Å²) in [7, 11) is 0. The summed E-state index contributed by atoms with van der Waals surface area (Å²) in [5.41, 5.74) is 5.90. The van der Waals surface area contributed by atoms with E-state index in [1.807, 2.05) is 0 Å². The van der Waals surface area contributed by atoms with Crippen molar-refractivity contribution in [2.75, 3.05) is 12.3 Å². The Hall–Kier alpha value is -1.71. The highest BCUT2D eigenvalue weighted by molar-refractivity contribution is 5.95. The van der Waals surface area contributed by atoms with Crippen LogP contribution in [0.15, 0.2) is 24.3 Å². The van der Waals surface area contributed by atoms with E-state index < -0.39 is 43.3 Å². The molecule has 1 aliphatic rings. The second-order valence-corrected chi connectivity index (χ2v) is 4.69. The molecule has 0 saturated carbocycles. The Balaban J connectivity index is 2.11. The monoisotopic (exact) mass is 299 g/mol. The maximum Gasteiger partial charge on any atom is 0.342 e. The maximum absolute atomic E-state index is 12.0. The van der Waals surface area contributed by atoms with Crippen LogP contribution in [0.25, 0.3) is 0 Å². The highest BCUT2D eigenvalue weighted by atomic mass is 16.7. The fourth-order valence-electron chi connectivity index (χ4n) is 2.02. The predicted octanol–water partition coefficient (Wildman–Crippen LogP) is -1.77. The molecular formula is C13H17NO7. The SMILES string of the molecule is Nc1ccccc1C(=O)OC1OC(CO)C(O)C(O)C1O. The number of nitrogens with two attached hydrogens (primary N) is 1. The number of aliphatic hydroxyl groups is 4.